The predicted octanol–water partition coefficient (Wildman–Crippen LogP) is 4.53. The Morgan fingerprint density at radius 3 is 2.38 bits per heavy atom. The van der Waals surface area contributed by atoms with Crippen molar-refractivity contribution in [1.82, 2.24) is 0 Å². The summed E-state index contributed by atoms with van der Waals surface area (Å²) < 4.78 is 0. The van der Waals surface area contributed by atoms with E-state index in [0.717, 1.165) is 16.0 Å². The minimum atomic E-state index is 0.610. The largest absolute Gasteiger partial charge is 0.398 e. The molecule has 16 heavy (non-hydrogen) atoms. The van der Waals surface area contributed by atoms with Gasteiger partial charge >= 0.3 is 0 Å². The van der Waals surface area contributed by atoms with Crippen LogP contribution in [-0.2, 0) is 0 Å². The highest BCUT2D eigenvalue weighted by Gasteiger charge is 2.05. The van der Waals surface area contributed by atoms with E-state index >= 15 is 0 Å². The fourth-order valence-corrected chi connectivity index (χ4v) is 2.10. The quantitative estimate of drug-likeness (QED) is 0.577. The lowest BCUT2D eigenvalue weighted by Gasteiger charge is -2.07. The lowest BCUT2D eigenvalue weighted by atomic mass is 10.1. The molecule has 0 fully saturated rings. The van der Waals surface area contributed by atoms with Crippen LogP contribution in [0.4, 0.5) is 5.69 Å². The van der Waals surface area contributed by atoms with Gasteiger partial charge in [-0.1, -0.05) is 35.3 Å². The summed E-state index contributed by atoms with van der Waals surface area (Å²) in [6, 6.07) is 11.0. The van der Waals surface area contributed by atoms with Gasteiger partial charge in [0.15, 0.2) is 0 Å². The average molecular weight is 270 g/mol. The number of hydrogen-bond acceptors (Lipinski definition) is 2. The fraction of sp³-hybridized carbons (Fsp3) is 0. The Hall–Kier alpha value is -0.830. The van der Waals surface area contributed by atoms with Crippen molar-refractivity contribution < 1.29 is 0 Å². The normalized spacial score (nSPS) is 10.4. The second-order valence-electron chi connectivity index (χ2n) is 3.40. The zero-order chi connectivity index (χ0) is 11.7. The molecule has 2 aromatic rings. The van der Waals surface area contributed by atoms with Crippen molar-refractivity contribution in [2.45, 2.75) is 4.90 Å². The van der Waals surface area contributed by atoms with Crippen molar-refractivity contribution in [2.75, 3.05) is 5.73 Å². The van der Waals surface area contributed by atoms with Gasteiger partial charge in [-0.2, -0.15) is 0 Å². The molecule has 2 N–H and O–H groups in total. The molecule has 0 unspecified atom stereocenters. The molecule has 0 heterocycles. The predicted molar refractivity (Wildman–Crippen MR) is 73.6 cm³/mol. The summed E-state index contributed by atoms with van der Waals surface area (Å²) in [6.07, 6.45) is 0. The molecule has 0 saturated carbocycles. The number of hydrogen-bond donors (Lipinski definition) is 2. The van der Waals surface area contributed by atoms with Crippen molar-refractivity contribution in [3.63, 3.8) is 0 Å². The molecular weight excluding hydrogens is 261 g/mol. The lowest BCUT2D eigenvalue weighted by Crippen LogP contribution is -1.88. The first-order chi connectivity index (χ1) is 7.58. The van der Waals surface area contributed by atoms with Crippen LogP contribution >= 0.6 is 35.8 Å². The van der Waals surface area contributed by atoms with Crippen LogP contribution < -0.4 is 5.73 Å². The fourth-order valence-electron chi connectivity index (χ4n) is 1.45. The van der Waals surface area contributed by atoms with E-state index < -0.39 is 0 Å². The van der Waals surface area contributed by atoms with E-state index in [0.29, 0.717) is 15.7 Å². The van der Waals surface area contributed by atoms with Crippen LogP contribution in [0.15, 0.2) is 41.3 Å². The maximum absolute atomic E-state index is 6.11. The summed E-state index contributed by atoms with van der Waals surface area (Å²) in [5.74, 6) is 0. The van der Waals surface area contributed by atoms with Crippen LogP contribution in [0.5, 0.6) is 0 Å². The minimum absolute atomic E-state index is 0.610. The van der Waals surface area contributed by atoms with E-state index in [-0.39, 0.29) is 0 Å². The van der Waals surface area contributed by atoms with Gasteiger partial charge in [0.2, 0.25) is 0 Å². The first kappa shape index (κ1) is 11.6. The smallest absolute Gasteiger partial charge is 0.0499 e. The average Bonchev–Trinajstić information content (AvgIpc) is 2.22. The first-order valence-corrected chi connectivity index (χ1v) is 5.82. The Morgan fingerprint density at radius 2 is 1.75 bits per heavy atom. The van der Waals surface area contributed by atoms with Gasteiger partial charge in [0, 0.05) is 26.2 Å². The Balaban J connectivity index is 2.54. The highest BCUT2D eigenvalue weighted by Crippen LogP contribution is 2.32. The highest BCUT2D eigenvalue weighted by molar-refractivity contribution is 7.80. The van der Waals surface area contributed by atoms with Gasteiger partial charge in [-0.3, -0.25) is 0 Å². The van der Waals surface area contributed by atoms with Crippen LogP contribution in [-0.4, -0.2) is 0 Å². The van der Waals surface area contributed by atoms with Crippen LogP contribution in [0.1, 0.15) is 0 Å². The second kappa shape index (κ2) is 4.58. The van der Waals surface area contributed by atoms with Crippen LogP contribution in [0.2, 0.25) is 10.0 Å². The molecule has 0 spiro atoms. The standard InChI is InChI=1S/C12H9Cl2NS/c13-8-2-3-9(10(14)6-8)7-1-4-12(16)11(15)5-7/h1-6,16H,15H2. The molecule has 0 saturated heterocycles. The van der Waals surface area contributed by atoms with Crippen molar-refractivity contribution in [3.05, 3.63) is 46.4 Å². The summed E-state index contributed by atoms with van der Waals surface area (Å²) in [6.45, 7) is 0. The van der Waals surface area contributed by atoms with Gasteiger partial charge in [-0.15, -0.1) is 12.6 Å². The molecule has 0 aliphatic carbocycles. The summed E-state index contributed by atoms with van der Waals surface area (Å²) in [5.41, 5.74) is 8.29. The number of nitrogens with two attached hydrogens (primary N) is 1. The van der Waals surface area contributed by atoms with Gasteiger partial charge in [-0.05, 0) is 29.8 Å². The molecule has 0 bridgehead atoms. The number of nitrogen functional groups attached to an aromatic ring is 1. The number of rotatable bonds is 1. The molecule has 0 atom stereocenters. The topological polar surface area (TPSA) is 26.0 Å². The number of thiol groups is 1. The second-order valence-corrected chi connectivity index (χ2v) is 4.72. The zero-order valence-electron chi connectivity index (χ0n) is 8.24. The van der Waals surface area contributed by atoms with Gasteiger partial charge in [0.05, 0.1) is 0 Å². The third-order valence-electron chi connectivity index (χ3n) is 2.27. The molecule has 2 aromatic carbocycles. The van der Waals surface area contributed by atoms with Gasteiger partial charge in [0.25, 0.3) is 0 Å². The maximum Gasteiger partial charge on any atom is 0.0499 e. The third kappa shape index (κ3) is 2.29. The summed E-state index contributed by atoms with van der Waals surface area (Å²) in [7, 11) is 0. The zero-order valence-corrected chi connectivity index (χ0v) is 10.7. The third-order valence-corrected chi connectivity index (χ3v) is 3.22. The molecular formula is C12H9Cl2NS. The lowest BCUT2D eigenvalue weighted by molar-refractivity contribution is 1.47. The van der Waals surface area contributed by atoms with E-state index in [1.165, 1.54) is 0 Å². The Morgan fingerprint density at radius 1 is 1.00 bits per heavy atom. The highest BCUT2D eigenvalue weighted by atomic mass is 35.5. The first-order valence-electron chi connectivity index (χ1n) is 4.62. The van der Waals surface area contributed by atoms with Gasteiger partial charge in [-0.25, -0.2) is 0 Å². The molecule has 2 rings (SSSR count). The summed E-state index contributed by atoms with van der Waals surface area (Å²) >= 11 is 16.2. The number of anilines is 1. The van der Waals surface area contributed by atoms with Crippen LogP contribution in [0.3, 0.4) is 0 Å². The Bertz CT molecular complexity index is 541. The number of benzene rings is 2. The van der Waals surface area contributed by atoms with Crippen LogP contribution in [0, 0.1) is 0 Å². The summed E-state index contributed by atoms with van der Waals surface area (Å²) in [5, 5.41) is 1.23. The number of halogens is 2. The molecule has 82 valence electrons. The maximum atomic E-state index is 6.11. The molecule has 0 aliphatic rings. The van der Waals surface area contributed by atoms with E-state index in [2.05, 4.69) is 12.6 Å². The van der Waals surface area contributed by atoms with Crippen molar-refractivity contribution >= 4 is 41.5 Å². The molecule has 1 nitrogen and oxygen atoms in total. The van der Waals surface area contributed by atoms with Gasteiger partial charge < -0.3 is 5.73 Å². The summed E-state index contributed by atoms with van der Waals surface area (Å²) in [4.78, 5) is 0.758. The molecule has 0 aliphatic heterocycles. The van der Waals surface area contributed by atoms with Crippen molar-refractivity contribution in [3.8, 4) is 11.1 Å². The molecule has 0 aromatic heterocycles. The Kier molecular flexibility index (Phi) is 3.33. The van der Waals surface area contributed by atoms with E-state index in [4.69, 9.17) is 28.9 Å². The monoisotopic (exact) mass is 269 g/mol. The van der Waals surface area contributed by atoms with E-state index in [9.17, 15) is 0 Å². The van der Waals surface area contributed by atoms with Crippen molar-refractivity contribution in [1.29, 1.82) is 0 Å². The van der Waals surface area contributed by atoms with E-state index in [1.54, 1.807) is 12.1 Å². The van der Waals surface area contributed by atoms with Gasteiger partial charge in [0.1, 0.15) is 0 Å². The van der Waals surface area contributed by atoms with E-state index in [1.807, 2.05) is 24.3 Å². The molecule has 0 amide bonds. The molecule has 0 radical (unpaired) electrons. The van der Waals surface area contributed by atoms with Crippen LogP contribution in [0.25, 0.3) is 11.1 Å². The van der Waals surface area contributed by atoms with Crippen molar-refractivity contribution in [2.24, 2.45) is 0 Å². The SMILES string of the molecule is Nc1cc(-c2ccc(Cl)cc2Cl)ccc1S. The Labute approximate surface area is 110 Å². The minimum Gasteiger partial charge on any atom is -0.398 e. The molecule has 4 heteroatoms.